The molecule has 0 bridgehead atoms. The van der Waals surface area contributed by atoms with Crippen molar-refractivity contribution in [3.05, 3.63) is 115 Å². The summed E-state index contributed by atoms with van der Waals surface area (Å²) in [5.41, 5.74) is 6.50. The van der Waals surface area contributed by atoms with E-state index in [4.69, 9.17) is 14.5 Å². The molecule has 2 heterocycles. The average molecular weight is 732 g/mol. The molecule has 186 valence electrons. The Labute approximate surface area is 245 Å². The SMILES string of the molecule is COc1ccccc1[C@@H]1C2=C(N=c3s/c(=C/c4cc(I)c(OC)c(I)c4)c(=O)n31)c1ccccc1CC2. The van der Waals surface area contributed by atoms with Crippen LogP contribution >= 0.6 is 56.5 Å². The maximum absolute atomic E-state index is 14.0. The molecule has 0 radical (unpaired) electrons. The van der Waals surface area contributed by atoms with Gasteiger partial charge in [0.15, 0.2) is 4.80 Å². The van der Waals surface area contributed by atoms with Crippen LogP contribution < -0.4 is 24.4 Å². The minimum atomic E-state index is -0.269. The van der Waals surface area contributed by atoms with Gasteiger partial charge in [-0.1, -0.05) is 53.8 Å². The Morgan fingerprint density at radius 3 is 2.49 bits per heavy atom. The van der Waals surface area contributed by atoms with Gasteiger partial charge in [-0.3, -0.25) is 9.36 Å². The first kappa shape index (κ1) is 24.9. The number of halogens is 2. The van der Waals surface area contributed by atoms with Crippen LogP contribution in [0.3, 0.4) is 0 Å². The Balaban J connectivity index is 1.62. The summed E-state index contributed by atoms with van der Waals surface area (Å²) < 4.78 is 15.8. The monoisotopic (exact) mass is 732 g/mol. The van der Waals surface area contributed by atoms with Gasteiger partial charge in [0.05, 0.1) is 37.6 Å². The largest absolute Gasteiger partial charge is 0.496 e. The van der Waals surface area contributed by atoms with Crippen molar-refractivity contribution in [3.8, 4) is 11.5 Å². The molecule has 37 heavy (non-hydrogen) atoms. The highest BCUT2D eigenvalue weighted by Gasteiger charge is 2.33. The van der Waals surface area contributed by atoms with Gasteiger partial charge in [0.2, 0.25) is 0 Å². The lowest BCUT2D eigenvalue weighted by Gasteiger charge is -2.31. The van der Waals surface area contributed by atoms with Gasteiger partial charge in [0.1, 0.15) is 11.5 Å². The second-order valence-corrected chi connectivity index (χ2v) is 12.2. The molecule has 1 aromatic heterocycles. The van der Waals surface area contributed by atoms with E-state index in [1.54, 1.807) is 14.2 Å². The first-order chi connectivity index (χ1) is 18.0. The van der Waals surface area contributed by atoms with E-state index in [0.717, 1.165) is 59.4 Å². The molecule has 0 saturated carbocycles. The standard InChI is InChI=1S/C29H22I2N2O3S/c1-35-23-10-6-5-9-19(23)26-20-12-11-17-7-3-4-8-18(17)25(20)32-29-33(26)28(34)24(37-29)15-16-13-21(30)27(36-2)22(31)14-16/h3-10,13-15,26H,11-12H2,1-2H3/b24-15+/t26-/m1/s1. The Bertz CT molecular complexity index is 1750. The van der Waals surface area contributed by atoms with Gasteiger partial charge < -0.3 is 9.47 Å². The number of nitrogens with zero attached hydrogens (tertiary/aromatic N) is 2. The number of aromatic nitrogens is 1. The van der Waals surface area contributed by atoms with E-state index < -0.39 is 0 Å². The smallest absolute Gasteiger partial charge is 0.271 e. The molecule has 6 rings (SSSR count). The fraction of sp³-hybridized carbons (Fsp3) is 0.172. The van der Waals surface area contributed by atoms with Gasteiger partial charge in [0, 0.05) is 11.1 Å². The predicted octanol–water partition coefficient (Wildman–Crippen LogP) is 5.55. The van der Waals surface area contributed by atoms with Crippen LogP contribution in [0.2, 0.25) is 0 Å². The zero-order valence-corrected chi connectivity index (χ0v) is 25.3. The number of benzene rings is 3. The zero-order chi connectivity index (χ0) is 25.7. The van der Waals surface area contributed by atoms with E-state index in [2.05, 4.69) is 75.5 Å². The van der Waals surface area contributed by atoms with E-state index in [0.29, 0.717) is 9.33 Å². The second-order valence-electron chi connectivity index (χ2n) is 8.87. The third-order valence-electron chi connectivity index (χ3n) is 6.83. The lowest BCUT2D eigenvalue weighted by molar-refractivity contribution is 0.402. The van der Waals surface area contributed by atoms with Crippen molar-refractivity contribution in [2.45, 2.75) is 18.9 Å². The van der Waals surface area contributed by atoms with E-state index >= 15 is 0 Å². The molecule has 0 saturated heterocycles. The van der Waals surface area contributed by atoms with Crippen LogP contribution in [0.15, 0.2) is 76.0 Å². The Kier molecular flexibility index (Phi) is 6.74. The molecule has 0 amide bonds. The second kappa shape index (κ2) is 10.0. The minimum absolute atomic E-state index is 0.0362. The first-order valence-electron chi connectivity index (χ1n) is 11.8. The fourth-order valence-corrected chi connectivity index (χ4v) is 8.46. The number of thiazole rings is 1. The number of methoxy groups -OCH3 is 2. The Morgan fingerprint density at radius 1 is 1.00 bits per heavy atom. The number of aryl methyl sites for hydroxylation is 1. The van der Waals surface area contributed by atoms with Gasteiger partial charge in [-0.05, 0) is 99.0 Å². The highest BCUT2D eigenvalue weighted by molar-refractivity contribution is 14.1. The molecule has 8 heteroatoms. The molecule has 3 aromatic carbocycles. The van der Waals surface area contributed by atoms with Crippen molar-refractivity contribution in [3.63, 3.8) is 0 Å². The highest BCUT2D eigenvalue weighted by Crippen LogP contribution is 2.43. The molecule has 1 aliphatic heterocycles. The summed E-state index contributed by atoms with van der Waals surface area (Å²) in [6, 6.07) is 20.3. The third-order valence-corrected chi connectivity index (χ3v) is 9.41. The van der Waals surface area contributed by atoms with E-state index in [1.165, 1.54) is 16.9 Å². The number of ether oxygens (including phenoxy) is 2. The van der Waals surface area contributed by atoms with Crippen molar-refractivity contribution in [2.24, 2.45) is 4.99 Å². The first-order valence-corrected chi connectivity index (χ1v) is 14.8. The van der Waals surface area contributed by atoms with Gasteiger partial charge >= 0.3 is 0 Å². The van der Waals surface area contributed by atoms with Crippen LogP contribution in [0, 0.1) is 7.14 Å². The zero-order valence-electron chi connectivity index (χ0n) is 20.1. The van der Waals surface area contributed by atoms with Gasteiger partial charge in [-0.2, -0.15) is 0 Å². The average Bonchev–Trinajstić information content (AvgIpc) is 3.21. The molecule has 0 fully saturated rings. The molecule has 0 unspecified atom stereocenters. The minimum Gasteiger partial charge on any atom is -0.496 e. The summed E-state index contributed by atoms with van der Waals surface area (Å²) in [6.45, 7) is 0. The van der Waals surface area contributed by atoms with Crippen molar-refractivity contribution in [2.75, 3.05) is 14.2 Å². The molecule has 1 atom stereocenters. The summed E-state index contributed by atoms with van der Waals surface area (Å²) in [4.78, 5) is 19.8. The lowest BCUT2D eigenvalue weighted by Crippen LogP contribution is -2.39. The van der Waals surface area contributed by atoms with E-state index in [9.17, 15) is 4.79 Å². The van der Waals surface area contributed by atoms with Crippen LogP contribution in [-0.2, 0) is 6.42 Å². The topological polar surface area (TPSA) is 52.8 Å². The van der Waals surface area contributed by atoms with Crippen molar-refractivity contribution < 1.29 is 9.47 Å². The number of para-hydroxylation sites is 1. The van der Waals surface area contributed by atoms with Gasteiger partial charge in [0.25, 0.3) is 5.56 Å². The van der Waals surface area contributed by atoms with Crippen molar-refractivity contribution >= 4 is 68.3 Å². The Morgan fingerprint density at radius 2 is 1.73 bits per heavy atom. The van der Waals surface area contributed by atoms with E-state index in [-0.39, 0.29) is 11.6 Å². The number of fused-ring (bicyclic) bond motifs is 3. The van der Waals surface area contributed by atoms with Gasteiger partial charge in [-0.15, -0.1) is 0 Å². The third kappa shape index (κ3) is 4.26. The molecule has 4 aromatic rings. The molecular weight excluding hydrogens is 710 g/mol. The normalized spacial score (nSPS) is 16.5. The van der Waals surface area contributed by atoms with Crippen LogP contribution in [0.5, 0.6) is 11.5 Å². The maximum Gasteiger partial charge on any atom is 0.271 e. The lowest BCUT2D eigenvalue weighted by atomic mass is 9.83. The maximum atomic E-state index is 14.0. The molecule has 1 aliphatic carbocycles. The number of allylic oxidation sites excluding steroid dienone is 1. The molecule has 0 spiro atoms. The Hall–Kier alpha value is -2.44. The molecule has 5 nitrogen and oxygen atoms in total. The van der Waals surface area contributed by atoms with Crippen molar-refractivity contribution in [1.29, 1.82) is 0 Å². The summed E-state index contributed by atoms with van der Waals surface area (Å²) >= 11 is 5.98. The predicted molar refractivity (Wildman–Crippen MR) is 164 cm³/mol. The fourth-order valence-electron chi connectivity index (χ4n) is 5.20. The molecule has 2 aliphatic rings. The van der Waals surface area contributed by atoms with Crippen LogP contribution in [-0.4, -0.2) is 18.8 Å². The van der Waals surface area contributed by atoms with Crippen LogP contribution in [0.25, 0.3) is 11.8 Å². The molecule has 0 N–H and O–H groups in total. The summed E-state index contributed by atoms with van der Waals surface area (Å²) in [5, 5.41) is 0. The quantitative estimate of drug-likeness (QED) is 0.259. The summed E-state index contributed by atoms with van der Waals surface area (Å²) in [6.07, 6.45) is 3.73. The van der Waals surface area contributed by atoms with Crippen molar-refractivity contribution in [1.82, 2.24) is 4.57 Å². The van der Waals surface area contributed by atoms with E-state index in [1.807, 2.05) is 41.0 Å². The highest BCUT2D eigenvalue weighted by atomic mass is 127. The number of hydrogen-bond acceptors (Lipinski definition) is 5. The summed E-state index contributed by atoms with van der Waals surface area (Å²) in [5.74, 6) is 1.62. The number of hydrogen-bond donors (Lipinski definition) is 0. The summed E-state index contributed by atoms with van der Waals surface area (Å²) in [7, 11) is 3.36. The van der Waals surface area contributed by atoms with Crippen LogP contribution in [0.1, 0.15) is 34.7 Å². The molecular formula is C29H22I2N2O3S. The van der Waals surface area contributed by atoms with Gasteiger partial charge in [-0.25, -0.2) is 4.99 Å². The number of rotatable bonds is 4. The van der Waals surface area contributed by atoms with Crippen LogP contribution in [0.4, 0.5) is 0 Å².